The molecule has 19 heavy (non-hydrogen) atoms. The maximum atomic E-state index is 4.62. The summed E-state index contributed by atoms with van der Waals surface area (Å²) in [6.07, 6.45) is 5.52. The van der Waals surface area contributed by atoms with Crippen molar-refractivity contribution in [1.29, 1.82) is 0 Å². The average molecular weight is 264 g/mol. The third kappa shape index (κ3) is 3.88. The lowest BCUT2D eigenvalue weighted by Gasteiger charge is -2.41. The van der Waals surface area contributed by atoms with E-state index in [4.69, 9.17) is 0 Å². The highest BCUT2D eigenvalue weighted by Gasteiger charge is 2.34. The molecule has 108 valence electrons. The van der Waals surface area contributed by atoms with Gasteiger partial charge in [-0.25, -0.2) is 0 Å². The van der Waals surface area contributed by atoms with Gasteiger partial charge in [0.25, 0.3) is 0 Å². The molecule has 4 heteroatoms. The summed E-state index contributed by atoms with van der Waals surface area (Å²) >= 11 is 0. The van der Waals surface area contributed by atoms with Crippen molar-refractivity contribution in [1.82, 2.24) is 14.7 Å². The van der Waals surface area contributed by atoms with Crippen LogP contribution in [0.3, 0.4) is 0 Å². The van der Waals surface area contributed by atoms with E-state index in [1.54, 1.807) is 0 Å². The Bertz CT molecular complexity index is 349. The SMILES string of the molecule is CN1CCN(C)CC(C)(N(C)CC2=NCCC=C2)C1. The number of aliphatic imine (C=N–C) groups is 1. The molecule has 0 aromatic carbocycles. The molecule has 0 spiro atoms. The molecule has 4 nitrogen and oxygen atoms in total. The zero-order chi connectivity index (χ0) is 13.9. The first-order valence-electron chi connectivity index (χ1n) is 7.28. The van der Waals surface area contributed by atoms with Gasteiger partial charge in [0, 0.05) is 50.5 Å². The van der Waals surface area contributed by atoms with Crippen LogP contribution in [0, 0.1) is 0 Å². The van der Waals surface area contributed by atoms with Gasteiger partial charge in [0.2, 0.25) is 0 Å². The van der Waals surface area contributed by atoms with Crippen molar-refractivity contribution < 1.29 is 0 Å². The molecule has 1 fully saturated rings. The Morgan fingerprint density at radius 2 is 1.89 bits per heavy atom. The fourth-order valence-corrected chi connectivity index (χ4v) is 3.05. The molecular formula is C15H28N4. The molecule has 0 bridgehead atoms. The molecular weight excluding hydrogens is 236 g/mol. The summed E-state index contributed by atoms with van der Waals surface area (Å²) < 4.78 is 0. The first-order valence-corrected chi connectivity index (χ1v) is 7.28. The molecule has 1 saturated heterocycles. The number of hydrogen-bond acceptors (Lipinski definition) is 4. The van der Waals surface area contributed by atoms with E-state index in [0.29, 0.717) is 0 Å². The fourth-order valence-electron chi connectivity index (χ4n) is 3.05. The van der Waals surface area contributed by atoms with E-state index < -0.39 is 0 Å². The molecule has 0 amide bonds. The van der Waals surface area contributed by atoms with Gasteiger partial charge in [-0.15, -0.1) is 0 Å². The van der Waals surface area contributed by atoms with Gasteiger partial charge in [0.1, 0.15) is 0 Å². The van der Waals surface area contributed by atoms with Gasteiger partial charge in [-0.2, -0.15) is 0 Å². The van der Waals surface area contributed by atoms with Crippen molar-refractivity contribution in [2.75, 3.05) is 60.4 Å². The summed E-state index contributed by atoms with van der Waals surface area (Å²) in [5, 5.41) is 0. The topological polar surface area (TPSA) is 22.1 Å². The number of dihydropyridines is 1. The number of likely N-dealkylation sites (N-methyl/N-ethyl adjacent to an activating group) is 3. The Hall–Kier alpha value is -0.710. The van der Waals surface area contributed by atoms with Crippen LogP contribution in [0.15, 0.2) is 17.1 Å². The van der Waals surface area contributed by atoms with E-state index in [-0.39, 0.29) is 5.54 Å². The Balaban J connectivity index is 2.04. The Morgan fingerprint density at radius 1 is 1.26 bits per heavy atom. The lowest BCUT2D eigenvalue weighted by molar-refractivity contribution is 0.103. The normalized spacial score (nSPS) is 25.4. The van der Waals surface area contributed by atoms with E-state index >= 15 is 0 Å². The summed E-state index contributed by atoms with van der Waals surface area (Å²) in [6.45, 7) is 8.82. The van der Waals surface area contributed by atoms with Gasteiger partial charge in [0.15, 0.2) is 0 Å². The highest BCUT2D eigenvalue weighted by molar-refractivity contribution is 5.97. The van der Waals surface area contributed by atoms with Crippen molar-refractivity contribution in [3.8, 4) is 0 Å². The summed E-state index contributed by atoms with van der Waals surface area (Å²) in [5.41, 5.74) is 1.41. The molecule has 2 rings (SSSR count). The molecule has 2 heterocycles. The second-order valence-corrected chi connectivity index (χ2v) is 6.39. The van der Waals surface area contributed by atoms with Crippen LogP contribution in [0.1, 0.15) is 13.3 Å². The zero-order valence-electron chi connectivity index (χ0n) is 12.9. The fraction of sp³-hybridized carbons (Fsp3) is 0.800. The van der Waals surface area contributed by atoms with Crippen LogP contribution in [0.5, 0.6) is 0 Å². The third-order valence-electron chi connectivity index (χ3n) is 4.33. The molecule has 0 aliphatic carbocycles. The monoisotopic (exact) mass is 264 g/mol. The summed E-state index contributed by atoms with van der Waals surface area (Å²) in [4.78, 5) is 12.0. The van der Waals surface area contributed by atoms with Crippen LogP contribution in [-0.2, 0) is 0 Å². The number of nitrogens with zero attached hydrogens (tertiary/aromatic N) is 4. The first-order chi connectivity index (χ1) is 8.99. The van der Waals surface area contributed by atoms with E-state index in [9.17, 15) is 0 Å². The smallest absolute Gasteiger partial charge is 0.0485 e. The summed E-state index contributed by atoms with van der Waals surface area (Å²) in [5.74, 6) is 0. The second kappa shape index (κ2) is 6.16. The lowest BCUT2D eigenvalue weighted by Crippen LogP contribution is -2.56. The second-order valence-electron chi connectivity index (χ2n) is 6.39. The summed E-state index contributed by atoms with van der Waals surface area (Å²) in [6, 6.07) is 0. The quantitative estimate of drug-likeness (QED) is 0.758. The van der Waals surface area contributed by atoms with Crippen LogP contribution in [0.4, 0.5) is 0 Å². The van der Waals surface area contributed by atoms with E-state index in [0.717, 1.165) is 45.7 Å². The van der Waals surface area contributed by atoms with Gasteiger partial charge in [-0.05, 0) is 40.6 Å². The van der Waals surface area contributed by atoms with Gasteiger partial charge in [-0.3, -0.25) is 9.89 Å². The molecule has 0 atom stereocenters. The number of hydrogen-bond donors (Lipinski definition) is 0. The molecule has 0 radical (unpaired) electrons. The van der Waals surface area contributed by atoms with E-state index in [1.807, 2.05) is 0 Å². The molecule has 0 aromatic heterocycles. The minimum Gasteiger partial charge on any atom is -0.303 e. The van der Waals surface area contributed by atoms with Crippen LogP contribution in [0.25, 0.3) is 0 Å². The molecule has 0 N–H and O–H groups in total. The van der Waals surface area contributed by atoms with Crippen LogP contribution < -0.4 is 0 Å². The maximum Gasteiger partial charge on any atom is 0.0485 e. The minimum atomic E-state index is 0.188. The molecule has 2 aliphatic rings. The molecule has 0 saturated carbocycles. The molecule has 0 aromatic rings. The van der Waals surface area contributed by atoms with Crippen LogP contribution in [0.2, 0.25) is 0 Å². The van der Waals surface area contributed by atoms with E-state index in [2.05, 4.69) is 59.9 Å². The van der Waals surface area contributed by atoms with Gasteiger partial charge >= 0.3 is 0 Å². The Kier molecular flexibility index (Phi) is 4.76. The molecule has 2 aliphatic heterocycles. The average Bonchev–Trinajstić information content (AvgIpc) is 2.50. The van der Waals surface area contributed by atoms with Gasteiger partial charge in [-0.1, -0.05) is 6.08 Å². The van der Waals surface area contributed by atoms with Gasteiger partial charge in [0.05, 0.1) is 0 Å². The highest BCUT2D eigenvalue weighted by Crippen LogP contribution is 2.19. The first kappa shape index (κ1) is 14.7. The van der Waals surface area contributed by atoms with Crippen molar-refractivity contribution in [2.45, 2.75) is 18.9 Å². The van der Waals surface area contributed by atoms with E-state index in [1.165, 1.54) is 5.71 Å². The van der Waals surface area contributed by atoms with Crippen molar-refractivity contribution in [3.05, 3.63) is 12.2 Å². The minimum absolute atomic E-state index is 0.188. The van der Waals surface area contributed by atoms with Crippen molar-refractivity contribution in [3.63, 3.8) is 0 Å². The third-order valence-corrected chi connectivity index (χ3v) is 4.33. The zero-order valence-corrected chi connectivity index (χ0v) is 12.9. The summed E-state index contributed by atoms with van der Waals surface area (Å²) in [7, 11) is 6.69. The van der Waals surface area contributed by atoms with Crippen molar-refractivity contribution >= 4 is 5.71 Å². The van der Waals surface area contributed by atoms with Crippen LogP contribution in [-0.4, -0.2) is 86.4 Å². The molecule has 0 unspecified atom stereocenters. The number of rotatable bonds is 3. The van der Waals surface area contributed by atoms with Crippen molar-refractivity contribution in [2.24, 2.45) is 4.99 Å². The maximum absolute atomic E-state index is 4.62. The van der Waals surface area contributed by atoms with Crippen LogP contribution >= 0.6 is 0 Å². The lowest BCUT2D eigenvalue weighted by atomic mass is 9.98. The Labute approximate surface area is 117 Å². The highest BCUT2D eigenvalue weighted by atomic mass is 15.3. The van der Waals surface area contributed by atoms with Gasteiger partial charge < -0.3 is 9.80 Å². The predicted molar refractivity (Wildman–Crippen MR) is 82.1 cm³/mol. The predicted octanol–water partition coefficient (Wildman–Crippen LogP) is 0.955. The standard InChI is InChI=1S/C15H28N4/c1-15(12-17(2)9-10-18(3)13-15)19(4)11-14-7-5-6-8-16-14/h5,7H,6,8-13H2,1-4H3. The Morgan fingerprint density at radius 3 is 2.42 bits per heavy atom. The largest absolute Gasteiger partial charge is 0.303 e.